The summed E-state index contributed by atoms with van der Waals surface area (Å²) in [7, 11) is 0. The van der Waals surface area contributed by atoms with Crippen LogP contribution in [-0.2, 0) is 6.54 Å². The summed E-state index contributed by atoms with van der Waals surface area (Å²) in [5.74, 6) is 0. The lowest BCUT2D eigenvalue weighted by molar-refractivity contribution is 0.969. The molecule has 6 heteroatoms. The molecule has 5 nitrogen and oxygen atoms in total. The average Bonchev–Trinajstić information content (AvgIpc) is 2.33. The van der Waals surface area contributed by atoms with Crippen molar-refractivity contribution in [2.75, 3.05) is 5.32 Å². The number of nitrogens with zero attached hydrogens (tertiary/aromatic N) is 2. The lowest BCUT2D eigenvalue weighted by Crippen LogP contribution is -2.12. The van der Waals surface area contributed by atoms with Crippen molar-refractivity contribution in [1.29, 1.82) is 0 Å². The maximum Gasteiger partial charge on any atom is 0.280 e. The Morgan fingerprint density at radius 2 is 2.29 bits per heavy atom. The summed E-state index contributed by atoms with van der Waals surface area (Å²) in [6.45, 7) is 2.62. The van der Waals surface area contributed by atoms with Gasteiger partial charge in [0.05, 0.1) is 11.9 Å². The van der Waals surface area contributed by atoms with Crippen LogP contribution >= 0.6 is 15.9 Å². The first kappa shape index (κ1) is 11.8. The molecule has 2 rings (SSSR count). The van der Waals surface area contributed by atoms with Gasteiger partial charge in [0.2, 0.25) is 0 Å². The third-order valence-corrected chi connectivity index (χ3v) is 3.19. The molecule has 2 aromatic rings. The summed E-state index contributed by atoms with van der Waals surface area (Å²) in [6.07, 6.45) is 5.12. The Bertz CT molecular complexity index is 582. The van der Waals surface area contributed by atoms with Gasteiger partial charge in [0.1, 0.15) is 4.47 Å². The van der Waals surface area contributed by atoms with Crippen LogP contribution in [0.1, 0.15) is 11.1 Å². The minimum Gasteiger partial charge on any atom is -0.379 e. The largest absolute Gasteiger partial charge is 0.379 e. The molecule has 0 amide bonds. The molecule has 0 aliphatic rings. The smallest absolute Gasteiger partial charge is 0.280 e. The number of hydrogen-bond acceptors (Lipinski definition) is 4. The molecule has 2 heterocycles. The first-order valence-corrected chi connectivity index (χ1v) is 5.84. The third kappa shape index (κ3) is 2.71. The number of anilines is 1. The van der Waals surface area contributed by atoms with E-state index in [1.807, 2.05) is 19.2 Å². The molecule has 2 aromatic heterocycles. The van der Waals surface area contributed by atoms with Crippen LogP contribution in [-0.4, -0.2) is 15.2 Å². The van der Waals surface area contributed by atoms with Gasteiger partial charge < -0.3 is 5.32 Å². The van der Waals surface area contributed by atoms with Crippen molar-refractivity contribution in [3.05, 3.63) is 50.6 Å². The summed E-state index contributed by atoms with van der Waals surface area (Å²) in [4.78, 5) is 15.3. The van der Waals surface area contributed by atoms with E-state index >= 15 is 0 Å². The minimum absolute atomic E-state index is 0.249. The molecule has 0 spiro atoms. The van der Waals surface area contributed by atoms with Crippen LogP contribution in [0.25, 0.3) is 0 Å². The summed E-state index contributed by atoms with van der Waals surface area (Å²) in [5.41, 5.74) is 2.66. The number of pyridine rings is 1. The molecule has 0 aliphatic heterocycles. The van der Waals surface area contributed by atoms with E-state index in [1.165, 1.54) is 0 Å². The van der Waals surface area contributed by atoms with E-state index in [2.05, 4.69) is 36.4 Å². The van der Waals surface area contributed by atoms with Crippen LogP contribution in [0.5, 0.6) is 0 Å². The van der Waals surface area contributed by atoms with Gasteiger partial charge in [-0.2, -0.15) is 5.10 Å². The molecule has 2 N–H and O–H groups in total. The van der Waals surface area contributed by atoms with E-state index in [9.17, 15) is 4.79 Å². The van der Waals surface area contributed by atoms with Gasteiger partial charge in [0.25, 0.3) is 5.56 Å². The van der Waals surface area contributed by atoms with E-state index < -0.39 is 0 Å². The SMILES string of the molecule is Cc1cnccc1CNc1cn[nH]c(=O)c1Br. The Morgan fingerprint density at radius 1 is 1.47 bits per heavy atom. The van der Waals surface area contributed by atoms with E-state index in [1.54, 1.807) is 12.4 Å². The minimum atomic E-state index is -0.249. The maximum atomic E-state index is 11.3. The van der Waals surface area contributed by atoms with Crippen molar-refractivity contribution in [2.24, 2.45) is 0 Å². The lowest BCUT2D eigenvalue weighted by atomic mass is 10.1. The standard InChI is InChI=1S/C11H11BrN4O/c1-7-4-13-3-2-8(7)5-14-9-6-15-16-11(17)10(9)12/h2-4,6H,5H2,1H3,(H2,14,16,17). The monoisotopic (exact) mass is 294 g/mol. The molecule has 0 saturated carbocycles. The van der Waals surface area contributed by atoms with E-state index in [0.29, 0.717) is 16.7 Å². The molecular weight excluding hydrogens is 284 g/mol. The van der Waals surface area contributed by atoms with Gasteiger partial charge in [0, 0.05) is 18.9 Å². The number of aryl methyl sites for hydroxylation is 1. The van der Waals surface area contributed by atoms with Crippen molar-refractivity contribution >= 4 is 21.6 Å². The Hall–Kier alpha value is -1.69. The number of aromatic amines is 1. The second-order valence-corrected chi connectivity index (χ2v) is 4.38. The fourth-order valence-corrected chi connectivity index (χ4v) is 1.73. The van der Waals surface area contributed by atoms with Gasteiger partial charge in [-0.05, 0) is 40.0 Å². The van der Waals surface area contributed by atoms with Gasteiger partial charge in [-0.15, -0.1) is 0 Å². The number of rotatable bonds is 3. The van der Waals surface area contributed by atoms with Gasteiger partial charge in [-0.25, -0.2) is 5.10 Å². The van der Waals surface area contributed by atoms with Crippen molar-refractivity contribution in [3.8, 4) is 0 Å². The second-order valence-electron chi connectivity index (χ2n) is 3.58. The summed E-state index contributed by atoms with van der Waals surface area (Å²) in [5, 5.41) is 9.24. The zero-order chi connectivity index (χ0) is 12.3. The van der Waals surface area contributed by atoms with E-state index in [-0.39, 0.29) is 5.56 Å². The molecule has 17 heavy (non-hydrogen) atoms. The molecule has 0 aromatic carbocycles. The highest BCUT2D eigenvalue weighted by Crippen LogP contribution is 2.17. The van der Waals surface area contributed by atoms with Crippen LogP contribution in [0.4, 0.5) is 5.69 Å². The summed E-state index contributed by atoms with van der Waals surface area (Å²) < 4.78 is 0.458. The molecule has 0 saturated heterocycles. The van der Waals surface area contributed by atoms with Crippen LogP contribution in [0.2, 0.25) is 0 Å². The van der Waals surface area contributed by atoms with Gasteiger partial charge in [-0.3, -0.25) is 9.78 Å². The number of hydrogen-bond donors (Lipinski definition) is 2. The predicted octanol–water partition coefficient (Wildman–Crippen LogP) is 1.85. The molecule has 0 radical (unpaired) electrons. The van der Waals surface area contributed by atoms with Crippen LogP contribution < -0.4 is 10.9 Å². The fourth-order valence-electron chi connectivity index (χ4n) is 1.40. The Kier molecular flexibility index (Phi) is 3.53. The highest BCUT2D eigenvalue weighted by atomic mass is 79.9. The predicted molar refractivity (Wildman–Crippen MR) is 68.9 cm³/mol. The van der Waals surface area contributed by atoms with Crippen LogP contribution in [0, 0.1) is 6.92 Å². The fraction of sp³-hybridized carbons (Fsp3) is 0.182. The van der Waals surface area contributed by atoms with E-state index in [0.717, 1.165) is 11.1 Å². The zero-order valence-corrected chi connectivity index (χ0v) is 10.8. The highest BCUT2D eigenvalue weighted by Gasteiger charge is 2.04. The third-order valence-electron chi connectivity index (χ3n) is 2.40. The number of nitrogens with one attached hydrogen (secondary N) is 2. The quantitative estimate of drug-likeness (QED) is 0.906. The van der Waals surface area contributed by atoms with Crippen LogP contribution in [0.15, 0.2) is 33.9 Å². The van der Waals surface area contributed by atoms with Crippen molar-refractivity contribution < 1.29 is 0 Å². The van der Waals surface area contributed by atoms with Crippen molar-refractivity contribution in [1.82, 2.24) is 15.2 Å². The van der Waals surface area contributed by atoms with Gasteiger partial charge in [0.15, 0.2) is 0 Å². The zero-order valence-electron chi connectivity index (χ0n) is 9.20. The lowest BCUT2D eigenvalue weighted by Gasteiger charge is -2.08. The molecule has 0 aliphatic carbocycles. The van der Waals surface area contributed by atoms with Crippen LogP contribution in [0.3, 0.4) is 0 Å². The summed E-state index contributed by atoms with van der Waals surface area (Å²) in [6, 6.07) is 1.94. The van der Waals surface area contributed by atoms with Gasteiger partial charge >= 0.3 is 0 Å². The van der Waals surface area contributed by atoms with Gasteiger partial charge in [-0.1, -0.05) is 0 Å². The average molecular weight is 295 g/mol. The first-order chi connectivity index (χ1) is 8.18. The Labute approximate surface area is 106 Å². The Balaban J connectivity index is 2.16. The molecule has 0 atom stereocenters. The Morgan fingerprint density at radius 3 is 3.06 bits per heavy atom. The molecule has 88 valence electrons. The number of H-pyrrole nitrogens is 1. The highest BCUT2D eigenvalue weighted by molar-refractivity contribution is 9.10. The summed E-state index contributed by atoms with van der Waals surface area (Å²) >= 11 is 3.21. The van der Waals surface area contributed by atoms with E-state index in [4.69, 9.17) is 0 Å². The number of halogens is 1. The normalized spacial score (nSPS) is 10.2. The number of aromatic nitrogens is 3. The second kappa shape index (κ2) is 5.09. The molecule has 0 unspecified atom stereocenters. The molecule has 0 fully saturated rings. The van der Waals surface area contributed by atoms with Crippen molar-refractivity contribution in [3.63, 3.8) is 0 Å². The maximum absolute atomic E-state index is 11.3. The first-order valence-electron chi connectivity index (χ1n) is 5.05. The molecule has 0 bridgehead atoms. The molecular formula is C11H11BrN4O. The van der Waals surface area contributed by atoms with Crippen molar-refractivity contribution in [2.45, 2.75) is 13.5 Å². The topological polar surface area (TPSA) is 70.7 Å².